The molecule has 1 aromatic heterocycles. The minimum absolute atomic E-state index is 0.212. The Balaban J connectivity index is 1.93. The summed E-state index contributed by atoms with van der Waals surface area (Å²) in [6.45, 7) is 4.01. The van der Waals surface area contributed by atoms with E-state index in [4.69, 9.17) is 9.15 Å². The summed E-state index contributed by atoms with van der Waals surface area (Å²) in [5.74, 6) is 1.13. The van der Waals surface area contributed by atoms with Crippen LogP contribution in [-0.2, 0) is 11.2 Å². The number of aryl methyl sites for hydroxylation is 1. The number of oxazole rings is 1. The Bertz CT molecular complexity index is 555. The molecule has 0 radical (unpaired) electrons. The van der Waals surface area contributed by atoms with Gasteiger partial charge in [0.15, 0.2) is 11.7 Å². The van der Waals surface area contributed by atoms with Crippen molar-refractivity contribution in [2.75, 3.05) is 26.8 Å². The van der Waals surface area contributed by atoms with Gasteiger partial charge in [-0.15, -0.1) is 0 Å². The standard InChI is InChI=1S/C15H19FN2O2/c1-11-9-12(3-4-13(11)16)14-10-18-15(20-14)5-6-17-7-8-19-2/h3-4,9-10,17H,5-8H2,1-2H3. The largest absolute Gasteiger partial charge is 0.441 e. The molecule has 2 aromatic rings. The molecule has 0 saturated carbocycles. The lowest BCUT2D eigenvalue weighted by Crippen LogP contribution is -2.21. The number of rotatable bonds is 7. The molecule has 0 saturated heterocycles. The second-order valence-electron chi connectivity index (χ2n) is 4.58. The molecule has 0 unspecified atom stereocenters. The third-order valence-electron chi connectivity index (χ3n) is 2.99. The van der Waals surface area contributed by atoms with E-state index in [-0.39, 0.29) is 5.82 Å². The predicted octanol–water partition coefficient (Wildman–Crippen LogP) is 2.57. The maximum absolute atomic E-state index is 13.2. The van der Waals surface area contributed by atoms with Gasteiger partial charge in [0, 0.05) is 32.2 Å². The number of nitrogens with zero attached hydrogens (tertiary/aromatic N) is 1. The lowest BCUT2D eigenvalue weighted by Gasteiger charge is -2.01. The van der Waals surface area contributed by atoms with Crippen molar-refractivity contribution in [2.24, 2.45) is 0 Å². The van der Waals surface area contributed by atoms with Crippen molar-refractivity contribution in [2.45, 2.75) is 13.3 Å². The Morgan fingerprint density at radius 1 is 1.35 bits per heavy atom. The van der Waals surface area contributed by atoms with E-state index in [0.29, 0.717) is 30.2 Å². The predicted molar refractivity (Wildman–Crippen MR) is 75.1 cm³/mol. The second kappa shape index (κ2) is 7.17. The second-order valence-corrected chi connectivity index (χ2v) is 4.58. The van der Waals surface area contributed by atoms with Crippen LogP contribution in [0.5, 0.6) is 0 Å². The quantitative estimate of drug-likeness (QED) is 0.791. The van der Waals surface area contributed by atoms with Crippen molar-refractivity contribution in [3.63, 3.8) is 0 Å². The first-order valence-corrected chi connectivity index (χ1v) is 6.61. The van der Waals surface area contributed by atoms with E-state index in [0.717, 1.165) is 18.7 Å². The number of nitrogens with one attached hydrogen (secondary N) is 1. The van der Waals surface area contributed by atoms with Crippen molar-refractivity contribution < 1.29 is 13.5 Å². The van der Waals surface area contributed by atoms with E-state index in [1.165, 1.54) is 6.07 Å². The fourth-order valence-corrected chi connectivity index (χ4v) is 1.85. The highest BCUT2D eigenvalue weighted by molar-refractivity contribution is 5.57. The summed E-state index contributed by atoms with van der Waals surface area (Å²) in [4.78, 5) is 4.23. The molecule has 5 heteroatoms. The first-order valence-electron chi connectivity index (χ1n) is 6.61. The fraction of sp³-hybridized carbons (Fsp3) is 0.400. The van der Waals surface area contributed by atoms with Gasteiger partial charge in [-0.05, 0) is 30.7 Å². The molecular weight excluding hydrogens is 259 g/mol. The molecule has 20 heavy (non-hydrogen) atoms. The van der Waals surface area contributed by atoms with Crippen LogP contribution in [0.15, 0.2) is 28.8 Å². The van der Waals surface area contributed by atoms with Crippen LogP contribution < -0.4 is 5.32 Å². The van der Waals surface area contributed by atoms with Crippen molar-refractivity contribution in [3.8, 4) is 11.3 Å². The summed E-state index contributed by atoms with van der Waals surface area (Å²) < 4.78 is 23.8. The molecule has 4 nitrogen and oxygen atoms in total. The molecule has 0 fully saturated rings. The number of methoxy groups -OCH3 is 1. The summed E-state index contributed by atoms with van der Waals surface area (Å²) in [7, 11) is 1.67. The summed E-state index contributed by atoms with van der Waals surface area (Å²) >= 11 is 0. The van der Waals surface area contributed by atoms with Gasteiger partial charge in [0.25, 0.3) is 0 Å². The van der Waals surface area contributed by atoms with Crippen molar-refractivity contribution in [1.29, 1.82) is 0 Å². The first-order chi connectivity index (χ1) is 9.70. The summed E-state index contributed by atoms with van der Waals surface area (Å²) in [5.41, 5.74) is 1.44. The van der Waals surface area contributed by atoms with Gasteiger partial charge in [-0.2, -0.15) is 0 Å². The van der Waals surface area contributed by atoms with E-state index in [2.05, 4.69) is 10.3 Å². The highest BCUT2D eigenvalue weighted by Gasteiger charge is 2.08. The number of aromatic nitrogens is 1. The Labute approximate surface area is 118 Å². The van der Waals surface area contributed by atoms with Crippen molar-refractivity contribution in [1.82, 2.24) is 10.3 Å². The van der Waals surface area contributed by atoms with Crippen LogP contribution in [0.2, 0.25) is 0 Å². The Kier molecular flexibility index (Phi) is 5.26. The van der Waals surface area contributed by atoms with Crippen LogP contribution in [0.25, 0.3) is 11.3 Å². The van der Waals surface area contributed by atoms with E-state index >= 15 is 0 Å². The Morgan fingerprint density at radius 2 is 2.20 bits per heavy atom. The highest BCUT2D eigenvalue weighted by Crippen LogP contribution is 2.22. The molecule has 1 aromatic carbocycles. The van der Waals surface area contributed by atoms with Crippen LogP contribution in [0.4, 0.5) is 4.39 Å². The van der Waals surface area contributed by atoms with Gasteiger partial charge in [-0.3, -0.25) is 0 Å². The van der Waals surface area contributed by atoms with Gasteiger partial charge >= 0.3 is 0 Å². The zero-order valence-electron chi connectivity index (χ0n) is 11.8. The lowest BCUT2D eigenvalue weighted by molar-refractivity contribution is 0.199. The van der Waals surface area contributed by atoms with Crippen LogP contribution in [-0.4, -0.2) is 31.8 Å². The van der Waals surface area contributed by atoms with Crippen LogP contribution in [0.3, 0.4) is 0 Å². The molecular formula is C15H19FN2O2. The SMILES string of the molecule is COCCNCCc1ncc(-c2ccc(F)c(C)c2)o1. The highest BCUT2D eigenvalue weighted by atomic mass is 19.1. The molecule has 0 aliphatic carbocycles. The molecule has 2 rings (SSSR count). The van der Waals surface area contributed by atoms with Crippen molar-refractivity contribution >= 4 is 0 Å². The minimum Gasteiger partial charge on any atom is -0.441 e. The van der Waals surface area contributed by atoms with E-state index in [1.54, 1.807) is 32.4 Å². The molecule has 0 aliphatic heterocycles. The molecule has 1 N–H and O–H groups in total. The lowest BCUT2D eigenvalue weighted by atomic mass is 10.1. The van der Waals surface area contributed by atoms with Crippen LogP contribution in [0.1, 0.15) is 11.5 Å². The Hall–Kier alpha value is -1.72. The molecule has 108 valence electrons. The summed E-state index contributed by atoms with van der Waals surface area (Å²) in [5, 5.41) is 3.23. The van der Waals surface area contributed by atoms with E-state index in [1.807, 2.05) is 0 Å². The van der Waals surface area contributed by atoms with Gasteiger partial charge in [-0.25, -0.2) is 9.37 Å². The first kappa shape index (κ1) is 14.7. The van der Waals surface area contributed by atoms with Crippen LogP contribution >= 0.6 is 0 Å². The zero-order chi connectivity index (χ0) is 14.4. The fourth-order valence-electron chi connectivity index (χ4n) is 1.85. The Morgan fingerprint density at radius 3 is 2.95 bits per heavy atom. The number of hydrogen-bond acceptors (Lipinski definition) is 4. The van der Waals surface area contributed by atoms with Gasteiger partial charge in [0.05, 0.1) is 12.8 Å². The van der Waals surface area contributed by atoms with Gasteiger partial charge in [0.2, 0.25) is 0 Å². The molecule has 0 amide bonds. The number of hydrogen-bond donors (Lipinski definition) is 1. The zero-order valence-corrected chi connectivity index (χ0v) is 11.8. The minimum atomic E-state index is -0.212. The number of ether oxygens (including phenoxy) is 1. The third-order valence-corrected chi connectivity index (χ3v) is 2.99. The number of halogens is 1. The maximum Gasteiger partial charge on any atom is 0.196 e. The smallest absolute Gasteiger partial charge is 0.196 e. The average Bonchev–Trinajstić information content (AvgIpc) is 2.90. The summed E-state index contributed by atoms with van der Waals surface area (Å²) in [6, 6.07) is 4.90. The summed E-state index contributed by atoms with van der Waals surface area (Å²) in [6.07, 6.45) is 2.39. The normalized spacial score (nSPS) is 10.9. The molecule has 0 aliphatic rings. The molecule has 0 bridgehead atoms. The van der Waals surface area contributed by atoms with Gasteiger partial charge in [-0.1, -0.05) is 0 Å². The third kappa shape index (κ3) is 3.88. The topological polar surface area (TPSA) is 47.3 Å². The molecule has 0 spiro atoms. The average molecular weight is 278 g/mol. The van der Waals surface area contributed by atoms with E-state index < -0.39 is 0 Å². The molecule has 1 heterocycles. The van der Waals surface area contributed by atoms with Crippen LogP contribution in [0, 0.1) is 12.7 Å². The number of benzene rings is 1. The monoisotopic (exact) mass is 278 g/mol. The van der Waals surface area contributed by atoms with Gasteiger partial charge in [0.1, 0.15) is 5.82 Å². The molecule has 0 atom stereocenters. The van der Waals surface area contributed by atoms with E-state index in [9.17, 15) is 4.39 Å². The van der Waals surface area contributed by atoms with Gasteiger partial charge < -0.3 is 14.5 Å². The van der Waals surface area contributed by atoms with Crippen molar-refractivity contribution in [3.05, 3.63) is 41.7 Å². The maximum atomic E-state index is 13.2.